The third-order valence-corrected chi connectivity index (χ3v) is 4.69. The molecule has 0 atom stereocenters. The Kier molecular flexibility index (Phi) is 5.93. The maximum absolute atomic E-state index is 12.6. The molecule has 0 spiro atoms. The van der Waals surface area contributed by atoms with Crippen LogP contribution in [0.25, 0.3) is 17.2 Å². The second kappa shape index (κ2) is 8.39. The first-order chi connectivity index (χ1) is 13.4. The molecular weight excluding hydrogens is 424 g/mol. The average molecular weight is 445 g/mol. The first kappa shape index (κ1) is 19.8. The lowest BCUT2D eigenvalue weighted by atomic mass is 10.2. The monoisotopic (exact) mass is 444 g/mol. The third kappa shape index (κ3) is 3.84. The number of hydrogen-bond donors (Lipinski definition) is 1. The minimum Gasteiger partial charge on any atom is -0.303 e. The summed E-state index contributed by atoms with van der Waals surface area (Å²) in [7, 11) is 3.06. The minimum absolute atomic E-state index is 0.332. The zero-order valence-corrected chi connectivity index (χ0v) is 17.5. The van der Waals surface area contributed by atoms with E-state index in [2.05, 4.69) is 31.4 Å². The molecule has 146 valence electrons. The Hall–Kier alpha value is -2.94. The summed E-state index contributed by atoms with van der Waals surface area (Å²) in [6.07, 6.45) is 4.34. The standard InChI is InChI=1S/C19H21BrN6O2/c1-4-10-26-15-16(24(2)19(28)25(3)17(15)27)22-18(26)23-21-12-14(20)11-13-8-6-5-7-9-13/h5-9,11-12H,4,10H2,1-3H3,(H,22,23)/b14-11-,21-12+. The molecule has 0 radical (unpaired) electrons. The van der Waals surface area contributed by atoms with Gasteiger partial charge in [-0.2, -0.15) is 10.1 Å². The lowest BCUT2D eigenvalue weighted by molar-refractivity contribution is 0.679. The van der Waals surface area contributed by atoms with Crippen molar-refractivity contribution in [2.24, 2.45) is 19.2 Å². The van der Waals surface area contributed by atoms with Crippen LogP contribution in [0.3, 0.4) is 0 Å². The van der Waals surface area contributed by atoms with Gasteiger partial charge in [-0.25, -0.2) is 10.2 Å². The lowest BCUT2D eigenvalue weighted by Gasteiger charge is -2.07. The molecule has 1 aromatic carbocycles. The van der Waals surface area contributed by atoms with E-state index in [0.717, 1.165) is 21.0 Å². The van der Waals surface area contributed by atoms with Gasteiger partial charge in [0, 0.05) is 25.1 Å². The van der Waals surface area contributed by atoms with Crippen LogP contribution >= 0.6 is 15.9 Å². The highest BCUT2D eigenvalue weighted by molar-refractivity contribution is 9.12. The predicted octanol–water partition coefficient (Wildman–Crippen LogP) is 2.68. The van der Waals surface area contributed by atoms with Crippen LogP contribution in [0.15, 0.2) is 49.5 Å². The molecule has 3 aromatic rings. The Morgan fingerprint density at radius 1 is 1.21 bits per heavy atom. The van der Waals surface area contributed by atoms with Crippen molar-refractivity contribution in [3.05, 3.63) is 61.2 Å². The number of allylic oxidation sites excluding steroid dienone is 1. The van der Waals surface area contributed by atoms with Crippen molar-refractivity contribution in [1.82, 2.24) is 18.7 Å². The van der Waals surface area contributed by atoms with Crippen LogP contribution in [-0.4, -0.2) is 24.9 Å². The van der Waals surface area contributed by atoms with Gasteiger partial charge < -0.3 is 4.57 Å². The maximum Gasteiger partial charge on any atom is 0.332 e. The van der Waals surface area contributed by atoms with Gasteiger partial charge in [0.25, 0.3) is 5.56 Å². The summed E-state index contributed by atoms with van der Waals surface area (Å²) in [5.41, 5.74) is 3.84. The number of anilines is 1. The van der Waals surface area contributed by atoms with Gasteiger partial charge in [0.1, 0.15) is 0 Å². The van der Waals surface area contributed by atoms with E-state index in [1.165, 1.54) is 11.6 Å². The average Bonchev–Trinajstić information content (AvgIpc) is 3.04. The van der Waals surface area contributed by atoms with Gasteiger partial charge in [-0.15, -0.1) is 0 Å². The number of fused-ring (bicyclic) bond motifs is 1. The van der Waals surface area contributed by atoms with Crippen LogP contribution in [-0.2, 0) is 20.6 Å². The van der Waals surface area contributed by atoms with E-state index in [4.69, 9.17) is 0 Å². The quantitative estimate of drug-likeness (QED) is 0.467. The molecule has 1 N–H and O–H groups in total. The van der Waals surface area contributed by atoms with Crippen LogP contribution in [0.1, 0.15) is 18.9 Å². The molecule has 0 saturated heterocycles. The van der Waals surface area contributed by atoms with Crippen molar-refractivity contribution in [2.75, 3.05) is 5.43 Å². The minimum atomic E-state index is -0.415. The van der Waals surface area contributed by atoms with Crippen LogP contribution in [0.5, 0.6) is 0 Å². The van der Waals surface area contributed by atoms with Crippen molar-refractivity contribution >= 4 is 45.3 Å². The van der Waals surface area contributed by atoms with E-state index in [9.17, 15) is 9.59 Å². The molecular formula is C19H21BrN6O2. The SMILES string of the molecule is CCCn1c(N/N=C/C(Br)=C/c2ccccc2)nc2c1c(=O)n(C)c(=O)n2C. The number of benzene rings is 1. The molecule has 0 aliphatic heterocycles. The summed E-state index contributed by atoms with van der Waals surface area (Å²) in [6.45, 7) is 2.58. The molecule has 0 amide bonds. The zero-order chi connectivity index (χ0) is 20.3. The van der Waals surface area contributed by atoms with Gasteiger partial charge in [-0.1, -0.05) is 37.3 Å². The fourth-order valence-electron chi connectivity index (χ4n) is 2.87. The molecule has 0 saturated carbocycles. The Morgan fingerprint density at radius 3 is 2.61 bits per heavy atom. The molecule has 2 aromatic heterocycles. The highest BCUT2D eigenvalue weighted by atomic mass is 79.9. The van der Waals surface area contributed by atoms with Crippen LogP contribution in [0, 0.1) is 0 Å². The summed E-state index contributed by atoms with van der Waals surface area (Å²) in [4.78, 5) is 29.2. The lowest BCUT2D eigenvalue weighted by Crippen LogP contribution is -2.37. The molecule has 28 heavy (non-hydrogen) atoms. The number of aromatic nitrogens is 4. The summed E-state index contributed by atoms with van der Waals surface area (Å²) in [5, 5.41) is 4.21. The molecule has 3 rings (SSSR count). The fourth-order valence-corrected chi connectivity index (χ4v) is 3.24. The number of halogens is 1. The summed E-state index contributed by atoms with van der Waals surface area (Å²) < 4.78 is 4.97. The Morgan fingerprint density at radius 2 is 1.93 bits per heavy atom. The Balaban J connectivity index is 1.97. The first-order valence-corrected chi connectivity index (χ1v) is 9.61. The molecule has 0 aliphatic rings. The van der Waals surface area contributed by atoms with Gasteiger partial charge >= 0.3 is 5.69 Å². The molecule has 0 aliphatic carbocycles. The van der Waals surface area contributed by atoms with Gasteiger partial charge in [0.2, 0.25) is 5.95 Å². The van der Waals surface area contributed by atoms with Crippen molar-refractivity contribution < 1.29 is 0 Å². The molecule has 0 unspecified atom stereocenters. The number of imidazole rings is 1. The Labute approximate surface area is 170 Å². The van der Waals surface area contributed by atoms with E-state index in [1.807, 2.05) is 43.3 Å². The van der Waals surface area contributed by atoms with Gasteiger partial charge in [0.05, 0.1) is 6.21 Å². The number of hydrogen-bond acceptors (Lipinski definition) is 5. The second-order valence-corrected chi connectivity index (χ2v) is 7.19. The molecule has 0 fully saturated rings. The van der Waals surface area contributed by atoms with E-state index in [-0.39, 0.29) is 5.56 Å². The predicted molar refractivity (Wildman–Crippen MR) is 116 cm³/mol. The van der Waals surface area contributed by atoms with Gasteiger partial charge in [-0.3, -0.25) is 13.9 Å². The summed E-state index contributed by atoms with van der Waals surface area (Å²) in [6, 6.07) is 9.84. The van der Waals surface area contributed by atoms with Crippen molar-refractivity contribution in [3.8, 4) is 0 Å². The van der Waals surface area contributed by atoms with Crippen LogP contribution in [0.2, 0.25) is 0 Å². The van der Waals surface area contributed by atoms with Crippen molar-refractivity contribution in [3.63, 3.8) is 0 Å². The van der Waals surface area contributed by atoms with Gasteiger partial charge in [0.15, 0.2) is 11.2 Å². The number of nitrogens with one attached hydrogen (secondary N) is 1. The second-order valence-electron chi connectivity index (χ2n) is 6.27. The molecule has 2 heterocycles. The normalized spacial score (nSPS) is 12.2. The molecule has 0 bridgehead atoms. The Bertz CT molecular complexity index is 1170. The topological polar surface area (TPSA) is 86.2 Å². The summed E-state index contributed by atoms with van der Waals surface area (Å²) >= 11 is 3.46. The summed E-state index contributed by atoms with van der Waals surface area (Å²) in [5.74, 6) is 0.409. The van der Waals surface area contributed by atoms with E-state index in [1.54, 1.807) is 17.8 Å². The first-order valence-electron chi connectivity index (χ1n) is 8.81. The number of rotatable bonds is 6. The molecule has 9 heteroatoms. The number of nitrogens with zero attached hydrogens (tertiary/aromatic N) is 5. The largest absolute Gasteiger partial charge is 0.332 e. The highest BCUT2D eigenvalue weighted by Gasteiger charge is 2.18. The van der Waals surface area contributed by atoms with Crippen LogP contribution < -0.4 is 16.7 Å². The number of hydrazone groups is 1. The third-order valence-electron chi connectivity index (χ3n) is 4.25. The fraction of sp³-hybridized carbons (Fsp3) is 0.263. The van der Waals surface area contributed by atoms with Gasteiger partial charge in [-0.05, 0) is 34.0 Å². The van der Waals surface area contributed by atoms with E-state index < -0.39 is 5.69 Å². The van der Waals surface area contributed by atoms with Crippen LogP contribution in [0.4, 0.5) is 5.95 Å². The van der Waals surface area contributed by atoms with E-state index in [0.29, 0.717) is 23.7 Å². The highest BCUT2D eigenvalue weighted by Crippen LogP contribution is 2.16. The zero-order valence-electron chi connectivity index (χ0n) is 15.9. The number of aryl methyl sites for hydroxylation is 2. The van der Waals surface area contributed by atoms with E-state index >= 15 is 0 Å². The smallest absolute Gasteiger partial charge is 0.303 e. The van der Waals surface area contributed by atoms with Crippen molar-refractivity contribution in [1.29, 1.82) is 0 Å². The van der Waals surface area contributed by atoms with Crippen molar-refractivity contribution in [2.45, 2.75) is 19.9 Å². The molecule has 8 nitrogen and oxygen atoms in total. The maximum atomic E-state index is 12.6.